The number of benzene rings is 2. The van der Waals surface area contributed by atoms with Gasteiger partial charge in [-0.05, 0) is 23.8 Å². The first-order chi connectivity index (χ1) is 18.1. The lowest BCUT2D eigenvalue weighted by molar-refractivity contribution is -0.385. The van der Waals surface area contributed by atoms with Crippen LogP contribution in [0.2, 0.25) is 0 Å². The highest BCUT2D eigenvalue weighted by Crippen LogP contribution is 2.38. The summed E-state index contributed by atoms with van der Waals surface area (Å²) in [4.78, 5) is 23.9. The van der Waals surface area contributed by atoms with Crippen LogP contribution < -0.4 is 14.8 Å². The number of fused-ring (bicyclic) bond motifs is 1. The molecule has 0 saturated carbocycles. The molecule has 0 atom stereocenters. The van der Waals surface area contributed by atoms with Gasteiger partial charge in [0.15, 0.2) is 0 Å². The van der Waals surface area contributed by atoms with Crippen LogP contribution in [-0.2, 0) is 6.61 Å². The van der Waals surface area contributed by atoms with E-state index in [0.717, 1.165) is 5.56 Å². The van der Waals surface area contributed by atoms with Gasteiger partial charge in [-0.3, -0.25) is 20.1 Å². The van der Waals surface area contributed by atoms with Crippen molar-refractivity contribution in [2.75, 3.05) is 5.32 Å². The number of ether oxygens (including phenoxy) is 2. The summed E-state index contributed by atoms with van der Waals surface area (Å²) in [7, 11) is 0. The monoisotopic (exact) mass is 490 g/mol. The minimum atomic E-state index is -0.542. The van der Waals surface area contributed by atoms with Crippen molar-refractivity contribution in [2.45, 2.75) is 6.61 Å². The van der Waals surface area contributed by atoms with Crippen LogP contribution >= 0.6 is 0 Å². The lowest BCUT2D eigenvalue weighted by atomic mass is 10.1. The molecule has 37 heavy (non-hydrogen) atoms. The zero-order valence-electron chi connectivity index (χ0n) is 19.2. The molecule has 0 aliphatic heterocycles. The number of hydrogen-bond donors (Lipinski definition) is 1. The Balaban J connectivity index is 1.45. The fourth-order valence-electron chi connectivity index (χ4n) is 3.60. The molecule has 180 valence electrons. The molecule has 0 amide bonds. The largest absolute Gasteiger partial charge is 0.473 e. The maximum atomic E-state index is 11.9. The third kappa shape index (κ3) is 5.26. The van der Waals surface area contributed by atoms with Crippen molar-refractivity contribution in [3.05, 3.63) is 113 Å². The predicted molar refractivity (Wildman–Crippen MR) is 136 cm³/mol. The molecule has 0 spiro atoms. The Labute approximate surface area is 210 Å². The molecular formula is C27H18N6O4. The van der Waals surface area contributed by atoms with E-state index in [9.17, 15) is 15.4 Å². The SMILES string of the molecule is N#Cc1cnc2cc(Oc3ccncc3)c([N+](=O)[O-])cc2c1Nc1ccc(OCc2ccccc2)nc1. The smallest absolute Gasteiger partial charge is 0.312 e. The van der Waals surface area contributed by atoms with Gasteiger partial charge in [-0.1, -0.05) is 30.3 Å². The Morgan fingerprint density at radius 1 is 1.00 bits per heavy atom. The molecule has 0 aliphatic carbocycles. The zero-order valence-corrected chi connectivity index (χ0v) is 19.2. The van der Waals surface area contributed by atoms with Gasteiger partial charge in [0.1, 0.15) is 18.4 Å². The summed E-state index contributed by atoms with van der Waals surface area (Å²) in [6, 6.07) is 21.2. The Kier molecular flexibility index (Phi) is 6.50. The first-order valence-corrected chi connectivity index (χ1v) is 11.1. The van der Waals surface area contributed by atoms with Crippen LogP contribution in [-0.4, -0.2) is 19.9 Å². The lowest BCUT2D eigenvalue weighted by Gasteiger charge is -2.13. The van der Waals surface area contributed by atoms with E-state index in [1.54, 1.807) is 30.5 Å². The second-order valence-electron chi connectivity index (χ2n) is 7.82. The van der Waals surface area contributed by atoms with Gasteiger partial charge >= 0.3 is 5.69 Å². The molecule has 0 aliphatic rings. The van der Waals surface area contributed by atoms with Gasteiger partial charge < -0.3 is 14.8 Å². The van der Waals surface area contributed by atoms with Crippen molar-refractivity contribution in [3.63, 3.8) is 0 Å². The summed E-state index contributed by atoms with van der Waals surface area (Å²) in [5.41, 5.74) is 2.30. The van der Waals surface area contributed by atoms with E-state index >= 15 is 0 Å². The maximum Gasteiger partial charge on any atom is 0.312 e. The summed E-state index contributed by atoms with van der Waals surface area (Å²) in [6.45, 7) is 0.377. The van der Waals surface area contributed by atoms with Crippen molar-refractivity contribution in [3.8, 4) is 23.4 Å². The number of nitro benzene ring substituents is 1. The second kappa shape index (κ2) is 10.4. The molecular weight excluding hydrogens is 472 g/mol. The fourth-order valence-corrected chi connectivity index (χ4v) is 3.60. The maximum absolute atomic E-state index is 11.9. The molecule has 10 heteroatoms. The summed E-state index contributed by atoms with van der Waals surface area (Å²) in [6.07, 6.45) is 6.00. The number of anilines is 2. The number of pyridine rings is 3. The van der Waals surface area contributed by atoms with E-state index in [1.165, 1.54) is 30.7 Å². The molecule has 3 aromatic heterocycles. The predicted octanol–water partition coefficient (Wildman–Crippen LogP) is 5.92. The van der Waals surface area contributed by atoms with Crippen LogP contribution in [0.15, 0.2) is 91.5 Å². The van der Waals surface area contributed by atoms with Crippen LogP contribution in [0.4, 0.5) is 17.1 Å². The van der Waals surface area contributed by atoms with Crippen molar-refractivity contribution in [1.29, 1.82) is 5.26 Å². The first kappa shape index (κ1) is 23.2. The molecule has 5 aromatic rings. The Morgan fingerprint density at radius 2 is 1.81 bits per heavy atom. The van der Waals surface area contributed by atoms with Gasteiger partial charge in [0, 0.05) is 42.2 Å². The number of rotatable bonds is 8. The highest BCUT2D eigenvalue weighted by atomic mass is 16.6. The molecule has 0 unspecified atom stereocenters. The zero-order chi connectivity index (χ0) is 25.6. The molecule has 2 aromatic carbocycles. The number of hydrogen-bond acceptors (Lipinski definition) is 9. The van der Waals surface area contributed by atoms with E-state index in [4.69, 9.17) is 9.47 Å². The van der Waals surface area contributed by atoms with Gasteiger partial charge in [-0.15, -0.1) is 0 Å². The summed E-state index contributed by atoms with van der Waals surface area (Å²) in [5, 5.41) is 25.1. The van der Waals surface area contributed by atoms with E-state index in [-0.39, 0.29) is 17.0 Å². The average Bonchev–Trinajstić information content (AvgIpc) is 2.93. The minimum Gasteiger partial charge on any atom is -0.473 e. The average molecular weight is 490 g/mol. The summed E-state index contributed by atoms with van der Waals surface area (Å²) >= 11 is 0. The van der Waals surface area contributed by atoms with Gasteiger partial charge in [0.05, 0.1) is 33.6 Å². The van der Waals surface area contributed by atoms with Crippen molar-refractivity contribution in [1.82, 2.24) is 15.0 Å². The molecule has 3 heterocycles. The third-order valence-corrected chi connectivity index (χ3v) is 5.38. The highest BCUT2D eigenvalue weighted by molar-refractivity contribution is 5.98. The molecule has 1 N–H and O–H groups in total. The Morgan fingerprint density at radius 3 is 2.51 bits per heavy atom. The van der Waals surface area contributed by atoms with Crippen LogP contribution in [0.1, 0.15) is 11.1 Å². The fraction of sp³-hybridized carbons (Fsp3) is 0.0370. The number of nitrogens with zero attached hydrogens (tertiary/aromatic N) is 5. The van der Waals surface area contributed by atoms with Crippen molar-refractivity contribution >= 4 is 28.0 Å². The topological polar surface area (TPSA) is 136 Å². The van der Waals surface area contributed by atoms with Gasteiger partial charge in [-0.2, -0.15) is 5.26 Å². The highest BCUT2D eigenvalue weighted by Gasteiger charge is 2.21. The number of nitrogens with one attached hydrogen (secondary N) is 1. The van der Waals surface area contributed by atoms with Gasteiger partial charge in [0.2, 0.25) is 11.6 Å². The molecule has 0 saturated heterocycles. The van der Waals surface area contributed by atoms with E-state index in [1.807, 2.05) is 30.3 Å². The quantitative estimate of drug-likeness (QED) is 0.207. The minimum absolute atomic E-state index is 0.0217. The van der Waals surface area contributed by atoms with Gasteiger partial charge in [-0.25, -0.2) is 4.98 Å². The normalized spacial score (nSPS) is 10.5. The summed E-state index contributed by atoms with van der Waals surface area (Å²) < 4.78 is 11.5. The van der Waals surface area contributed by atoms with Gasteiger partial charge in [0.25, 0.3) is 0 Å². The third-order valence-electron chi connectivity index (χ3n) is 5.38. The first-order valence-electron chi connectivity index (χ1n) is 11.1. The number of aromatic nitrogens is 3. The second-order valence-corrected chi connectivity index (χ2v) is 7.82. The van der Waals surface area contributed by atoms with E-state index in [2.05, 4.69) is 26.3 Å². The molecule has 0 fully saturated rings. The van der Waals surface area contributed by atoms with E-state index in [0.29, 0.717) is 40.5 Å². The molecule has 5 rings (SSSR count). The van der Waals surface area contributed by atoms with Crippen molar-refractivity contribution in [2.24, 2.45) is 0 Å². The Hall–Kier alpha value is -5.56. The van der Waals surface area contributed by atoms with Crippen LogP contribution in [0.25, 0.3) is 10.9 Å². The lowest BCUT2D eigenvalue weighted by Crippen LogP contribution is -2.01. The Bertz CT molecular complexity index is 1600. The van der Waals surface area contributed by atoms with Crippen LogP contribution in [0, 0.1) is 21.4 Å². The van der Waals surface area contributed by atoms with Crippen LogP contribution in [0.5, 0.6) is 17.4 Å². The number of nitro groups is 1. The van der Waals surface area contributed by atoms with Crippen molar-refractivity contribution < 1.29 is 14.4 Å². The summed E-state index contributed by atoms with van der Waals surface area (Å²) in [5.74, 6) is 0.849. The number of nitriles is 1. The molecule has 0 radical (unpaired) electrons. The molecule has 0 bridgehead atoms. The standard InChI is InChI=1S/C27H18N6O4/c28-14-19-15-30-23-13-25(37-21-8-10-29-11-9-21)24(33(34)35)12-22(23)27(19)32-20-6-7-26(31-16-20)36-17-18-4-2-1-3-5-18/h1-13,15-16H,17H2,(H,30,32). The van der Waals surface area contributed by atoms with E-state index < -0.39 is 4.92 Å². The molecule has 10 nitrogen and oxygen atoms in total. The van der Waals surface area contributed by atoms with Crippen LogP contribution in [0.3, 0.4) is 0 Å².